The Morgan fingerprint density at radius 2 is 1.58 bits per heavy atom. The molecule has 0 radical (unpaired) electrons. The van der Waals surface area contributed by atoms with Gasteiger partial charge >= 0.3 is 6.03 Å². The molecule has 2 amide bonds. The van der Waals surface area contributed by atoms with E-state index in [0.717, 1.165) is 62.5 Å². The Labute approximate surface area is 194 Å². The molecular weight excluding hydrogens is 410 g/mol. The molecule has 0 bridgehead atoms. The van der Waals surface area contributed by atoms with Crippen LogP contribution in [0.5, 0.6) is 0 Å². The van der Waals surface area contributed by atoms with Gasteiger partial charge in [0.25, 0.3) is 0 Å². The second-order valence-electron chi connectivity index (χ2n) is 9.59. The summed E-state index contributed by atoms with van der Waals surface area (Å²) in [7, 11) is 0. The Morgan fingerprint density at radius 1 is 0.939 bits per heavy atom. The minimum atomic E-state index is -0.267. The maximum atomic E-state index is 12.5. The Kier molecular flexibility index (Phi) is 5.93. The van der Waals surface area contributed by atoms with Crippen LogP contribution in [0.3, 0.4) is 0 Å². The zero-order chi connectivity index (χ0) is 23.8. The summed E-state index contributed by atoms with van der Waals surface area (Å²) in [6, 6.07) is 15.8. The number of carbonyl (C=O) groups excluding carboxylic acids is 1. The fourth-order valence-corrected chi connectivity index (χ4v) is 4.03. The number of anilines is 2. The largest absolute Gasteiger partial charge is 0.323 e. The van der Waals surface area contributed by atoms with Crippen LogP contribution in [0.15, 0.2) is 48.5 Å². The van der Waals surface area contributed by atoms with Gasteiger partial charge in [-0.15, -0.1) is 0 Å². The number of pyridine rings is 1. The summed E-state index contributed by atoms with van der Waals surface area (Å²) in [5.41, 5.74) is 8.60. The van der Waals surface area contributed by atoms with Crippen LogP contribution in [0.25, 0.3) is 22.2 Å². The van der Waals surface area contributed by atoms with Crippen LogP contribution >= 0.6 is 0 Å². The summed E-state index contributed by atoms with van der Waals surface area (Å²) >= 11 is 0. The molecule has 33 heavy (non-hydrogen) atoms. The van der Waals surface area contributed by atoms with Gasteiger partial charge in [-0.25, -0.2) is 9.78 Å². The van der Waals surface area contributed by atoms with Crippen molar-refractivity contribution in [3.8, 4) is 11.1 Å². The van der Waals surface area contributed by atoms with Crippen LogP contribution in [0, 0.1) is 13.8 Å². The molecule has 2 heterocycles. The molecule has 0 aliphatic heterocycles. The molecule has 0 saturated carbocycles. The van der Waals surface area contributed by atoms with Crippen molar-refractivity contribution in [2.24, 2.45) is 0 Å². The van der Waals surface area contributed by atoms with Crippen LogP contribution in [-0.2, 0) is 11.8 Å². The van der Waals surface area contributed by atoms with Gasteiger partial charge in [0.15, 0.2) is 5.65 Å². The lowest BCUT2D eigenvalue weighted by Gasteiger charge is -2.19. The molecule has 6 heteroatoms. The molecular formula is C27H31N5O. The van der Waals surface area contributed by atoms with Gasteiger partial charge in [-0.3, -0.25) is 5.10 Å². The maximum absolute atomic E-state index is 12.5. The van der Waals surface area contributed by atoms with E-state index in [9.17, 15) is 4.79 Å². The molecule has 170 valence electrons. The van der Waals surface area contributed by atoms with Crippen LogP contribution in [0.2, 0.25) is 0 Å². The fraction of sp³-hybridized carbons (Fsp3) is 0.296. The van der Waals surface area contributed by atoms with Gasteiger partial charge in [0, 0.05) is 33.6 Å². The first kappa shape index (κ1) is 22.5. The molecule has 0 aliphatic rings. The van der Waals surface area contributed by atoms with Gasteiger partial charge in [0.05, 0.1) is 0 Å². The second-order valence-corrected chi connectivity index (χ2v) is 9.59. The average molecular weight is 442 g/mol. The van der Waals surface area contributed by atoms with Crippen molar-refractivity contribution in [2.75, 3.05) is 10.6 Å². The molecule has 2 aromatic heterocycles. The predicted molar refractivity (Wildman–Crippen MR) is 136 cm³/mol. The Hall–Kier alpha value is -3.67. The number of benzene rings is 2. The third-order valence-corrected chi connectivity index (χ3v) is 5.65. The van der Waals surface area contributed by atoms with Crippen LogP contribution in [0.4, 0.5) is 16.2 Å². The average Bonchev–Trinajstić information content (AvgIpc) is 3.15. The fourth-order valence-electron chi connectivity index (χ4n) is 4.03. The summed E-state index contributed by atoms with van der Waals surface area (Å²) in [6.07, 6.45) is 0.846. The Balaban J connectivity index is 1.61. The van der Waals surface area contributed by atoms with Gasteiger partial charge in [0.1, 0.15) is 0 Å². The van der Waals surface area contributed by atoms with E-state index in [1.54, 1.807) is 0 Å². The molecule has 6 nitrogen and oxygen atoms in total. The van der Waals surface area contributed by atoms with E-state index >= 15 is 0 Å². The number of rotatable bonds is 4. The molecule has 2 aromatic carbocycles. The zero-order valence-corrected chi connectivity index (χ0v) is 20.1. The first-order valence-corrected chi connectivity index (χ1v) is 11.3. The van der Waals surface area contributed by atoms with Gasteiger partial charge < -0.3 is 10.6 Å². The SMILES string of the molecule is CCc1[nH]nc2nc(C(C)(C)C)cc(-c3ccc(NC(=O)Nc4cc(C)cc(C)c4)cc3)c12. The number of H-pyrrole nitrogens is 1. The highest BCUT2D eigenvalue weighted by molar-refractivity contribution is 6.00. The summed E-state index contributed by atoms with van der Waals surface area (Å²) < 4.78 is 0. The van der Waals surface area contributed by atoms with Gasteiger partial charge in [0.2, 0.25) is 0 Å². The standard InChI is InChI=1S/C27H31N5O/c1-7-22-24-21(15-23(27(4,5)6)30-25(24)32-31-22)18-8-10-19(11-9-18)28-26(33)29-20-13-16(2)12-17(3)14-20/h8-15H,7H2,1-6H3,(H2,28,29,33)(H,30,31,32). The van der Waals surface area contributed by atoms with Crippen molar-refractivity contribution in [3.63, 3.8) is 0 Å². The Morgan fingerprint density at radius 3 is 2.18 bits per heavy atom. The van der Waals surface area contributed by atoms with Crippen molar-refractivity contribution in [1.29, 1.82) is 0 Å². The number of nitrogens with one attached hydrogen (secondary N) is 3. The predicted octanol–water partition coefficient (Wildman–Crippen LogP) is 6.75. The smallest absolute Gasteiger partial charge is 0.308 e. The third-order valence-electron chi connectivity index (χ3n) is 5.65. The van der Waals surface area contributed by atoms with E-state index in [4.69, 9.17) is 4.98 Å². The van der Waals surface area contributed by atoms with E-state index in [-0.39, 0.29) is 11.4 Å². The summed E-state index contributed by atoms with van der Waals surface area (Å²) in [4.78, 5) is 17.3. The molecule has 0 aliphatic carbocycles. The second kappa shape index (κ2) is 8.70. The lowest BCUT2D eigenvalue weighted by Crippen LogP contribution is -2.19. The van der Waals surface area contributed by atoms with Crippen molar-refractivity contribution in [2.45, 2.75) is 53.4 Å². The number of carbonyl (C=O) groups is 1. The van der Waals surface area contributed by atoms with E-state index in [1.165, 1.54) is 0 Å². The van der Waals surface area contributed by atoms with Crippen molar-refractivity contribution in [3.05, 3.63) is 71.0 Å². The number of urea groups is 1. The monoisotopic (exact) mass is 441 g/mol. The number of fused-ring (bicyclic) bond motifs is 1. The highest BCUT2D eigenvalue weighted by Gasteiger charge is 2.21. The molecule has 0 saturated heterocycles. The van der Waals surface area contributed by atoms with Crippen molar-refractivity contribution >= 4 is 28.4 Å². The molecule has 3 N–H and O–H groups in total. The number of aryl methyl sites for hydroxylation is 3. The van der Waals surface area contributed by atoms with Crippen molar-refractivity contribution < 1.29 is 4.79 Å². The summed E-state index contributed by atoms with van der Waals surface area (Å²) in [5.74, 6) is 0. The lowest BCUT2D eigenvalue weighted by atomic mass is 9.89. The number of aromatic amines is 1. The summed E-state index contributed by atoms with van der Waals surface area (Å²) in [5, 5.41) is 14.5. The third kappa shape index (κ3) is 4.90. The first-order chi connectivity index (χ1) is 15.6. The van der Waals surface area contributed by atoms with Gasteiger partial charge in [-0.1, -0.05) is 45.9 Å². The molecule has 0 atom stereocenters. The molecule has 4 aromatic rings. The van der Waals surface area contributed by atoms with E-state index < -0.39 is 0 Å². The number of nitrogens with zero attached hydrogens (tertiary/aromatic N) is 2. The quantitative estimate of drug-likeness (QED) is 0.328. The number of hydrogen-bond acceptors (Lipinski definition) is 3. The van der Waals surface area contributed by atoms with Crippen LogP contribution in [0.1, 0.15) is 50.2 Å². The number of hydrogen-bond donors (Lipinski definition) is 3. The van der Waals surface area contributed by atoms with Crippen LogP contribution in [-0.4, -0.2) is 21.2 Å². The summed E-state index contributed by atoms with van der Waals surface area (Å²) in [6.45, 7) is 12.6. The lowest BCUT2D eigenvalue weighted by molar-refractivity contribution is 0.262. The van der Waals surface area contributed by atoms with Gasteiger partial charge in [-0.05, 0) is 72.9 Å². The topological polar surface area (TPSA) is 82.7 Å². The van der Waals surface area contributed by atoms with E-state index in [0.29, 0.717) is 0 Å². The Bertz CT molecular complexity index is 1290. The first-order valence-electron chi connectivity index (χ1n) is 11.3. The number of amides is 2. The normalized spacial score (nSPS) is 11.6. The highest BCUT2D eigenvalue weighted by atomic mass is 16.2. The van der Waals surface area contributed by atoms with Crippen molar-refractivity contribution in [1.82, 2.24) is 15.2 Å². The maximum Gasteiger partial charge on any atom is 0.323 e. The van der Waals surface area contributed by atoms with Crippen LogP contribution < -0.4 is 10.6 Å². The highest BCUT2D eigenvalue weighted by Crippen LogP contribution is 2.34. The molecule has 0 unspecified atom stereocenters. The van der Waals surface area contributed by atoms with E-state index in [2.05, 4.69) is 60.7 Å². The number of aromatic nitrogens is 3. The zero-order valence-electron chi connectivity index (χ0n) is 20.1. The minimum absolute atomic E-state index is 0.0952. The molecule has 0 fully saturated rings. The molecule has 0 spiro atoms. The van der Waals surface area contributed by atoms with E-state index in [1.807, 2.05) is 50.2 Å². The van der Waals surface area contributed by atoms with Gasteiger partial charge in [-0.2, -0.15) is 5.10 Å². The molecule has 4 rings (SSSR count). The minimum Gasteiger partial charge on any atom is -0.308 e.